The van der Waals surface area contributed by atoms with Crippen LogP contribution in [0.2, 0.25) is 0 Å². The molecule has 2 aliphatic heterocycles. The number of sulfonamides is 1. The summed E-state index contributed by atoms with van der Waals surface area (Å²) in [6.07, 6.45) is 1.69. The van der Waals surface area contributed by atoms with E-state index in [2.05, 4.69) is 6.07 Å². The van der Waals surface area contributed by atoms with E-state index in [0.717, 1.165) is 22.9 Å². The van der Waals surface area contributed by atoms with E-state index in [9.17, 15) is 13.2 Å². The quantitative estimate of drug-likeness (QED) is 0.680. The van der Waals surface area contributed by atoms with E-state index in [1.54, 1.807) is 12.1 Å². The summed E-state index contributed by atoms with van der Waals surface area (Å²) in [6.45, 7) is 1.00. The van der Waals surface area contributed by atoms with Crippen LogP contribution in [-0.4, -0.2) is 27.4 Å². The molecule has 0 aromatic heterocycles. The molecule has 6 heteroatoms. The summed E-state index contributed by atoms with van der Waals surface area (Å²) in [5, 5.41) is 1.70. The molecule has 2 heterocycles. The molecule has 2 aliphatic rings. The number of amides is 1. The van der Waals surface area contributed by atoms with Gasteiger partial charge in [0.05, 0.1) is 10.6 Å². The maximum atomic E-state index is 13.0. The fraction of sp³-hybridized carbons (Fsp3) is 0.227. The van der Waals surface area contributed by atoms with E-state index >= 15 is 0 Å². The van der Waals surface area contributed by atoms with Gasteiger partial charge in [-0.1, -0.05) is 42.5 Å². The van der Waals surface area contributed by atoms with Crippen molar-refractivity contribution in [3.8, 4) is 0 Å². The van der Waals surface area contributed by atoms with Gasteiger partial charge < -0.3 is 4.90 Å². The molecule has 0 atom stereocenters. The van der Waals surface area contributed by atoms with Crippen LogP contribution in [0, 0.1) is 0 Å². The number of carbonyl (C=O) groups excluding carboxylic acids is 1. The van der Waals surface area contributed by atoms with Crippen LogP contribution >= 0.6 is 0 Å². The monoisotopic (exact) mass is 392 g/mol. The van der Waals surface area contributed by atoms with Gasteiger partial charge in [-0.05, 0) is 42.0 Å². The summed E-state index contributed by atoms with van der Waals surface area (Å²) in [7, 11) is -3.56. The van der Waals surface area contributed by atoms with Crippen LogP contribution in [0.3, 0.4) is 0 Å². The Kier molecular flexibility index (Phi) is 3.91. The summed E-state index contributed by atoms with van der Waals surface area (Å²) in [5.74, 6) is 0.0530. The third-order valence-electron chi connectivity index (χ3n) is 5.62. The Morgan fingerprint density at radius 3 is 2.54 bits per heavy atom. The van der Waals surface area contributed by atoms with Gasteiger partial charge in [-0.2, -0.15) is 0 Å². The minimum Gasteiger partial charge on any atom is -0.312 e. The van der Waals surface area contributed by atoms with Gasteiger partial charge >= 0.3 is 0 Å². The third kappa shape index (κ3) is 2.52. The van der Waals surface area contributed by atoms with Gasteiger partial charge in [-0.25, -0.2) is 8.42 Å². The first-order valence-corrected chi connectivity index (χ1v) is 10.9. The molecule has 0 spiro atoms. The van der Waals surface area contributed by atoms with E-state index in [-0.39, 0.29) is 5.91 Å². The molecule has 0 saturated heterocycles. The van der Waals surface area contributed by atoms with Crippen LogP contribution in [-0.2, 0) is 21.2 Å². The van der Waals surface area contributed by atoms with Gasteiger partial charge in [-0.15, -0.1) is 0 Å². The maximum Gasteiger partial charge on any atom is 0.265 e. The van der Waals surface area contributed by atoms with Crippen molar-refractivity contribution in [3.05, 3.63) is 66.2 Å². The fourth-order valence-corrected chi connectivity index (χ4v) is 6.05. The zero-order valence-electron chi connectivity index (χ0n) is 15.3. The molecule has 142 valence electrons. The lowest BCUT2D eigenvalue weighted by Crippen LogP contribution is -2.31. The highest BCUT2D eigenvalue weighted by Gasteiger charge is 2.35. The number of fused-ring (bicyclic) bond motifs is 1. The number of benzene rings is 3. The largest absolute Gasteiger partial charge is 0.312 e. The molecule has 0 radical (unpaired) electrons. The number of anilines is 2. The molecule has 5 rings (SSSR count). The normalized spacial score (nSPS) is 16.6. The summed E-state index contributed by atoms with van der Waals surface area (Å²) in [5.41, 5.74) is 2.89. The van der Waals surface area contributed by atoms with E-state index in [4.69, 9.17) is 0 Å². The van der Waals surface area contributed by atoms with E-state index in [1.807, 2.05) is 47.4 Å². The second-order valence-corrected chi connectivity index (χ2v) is 9.07. The van der Waals surface area contributed by atoms with Gasteiger partial charge in [-0.3, -0.25) is 9.10 Å². The molecule has 0 unspecified atom stereocenters. The predicted octanol–water partition coefficient (Wildman–Crippen LogP) is 3.72. The van der Waals surface area contributed by atoms with Crippen LogP contribution in [0.5, 0.6) is 0 Å². The number of hydrogen-bond acceptors (Lipinski definition) is 3. The number of carbonyl (C=O) groups is 1. The van der Waals surface area contributed by atoms with Crippen molar-refractivity contribution in [2.75, 3.05) is 22.3 Å². The van der Waals surface area contributed by atoms with Crippen LogP contribution < -0.4 is 9.21 Å². The SMILES string of the molecule is O=C(CCCN1c2cccc3cccc(c23)S1(=O)=O)N1CCc2ccccc21. The first-order chi connectivity index (χ1) is 13.6. The minimum absolute atomic E-state index is 0.0530. The average molecular weight is 392 g/mol. The summed E-state index contributed by atoms with van der Waals surface area (Å²) in [6, 6.07) is 19.0. The Balaban J connectivity index is 1.33. The first kappa shape index (κ1) is 17.3. The smallest absolute Gasteiger partial charge is 0.265 e. The van der Waals surface area contributed by atoms with Gasteiger partial charge in [0.25, 0.3) is 10.0 Å². The number of para-hydroxylation sites is 1. The Bertz CT molecular complexity index is 1200. The van der Waals surface area contributed by atoms with E-state index in [1.165, 1.54) is 9.87 Å². The lowest BCUT2D eigenvalue weighted by atomic mass is 10.1. The van der Waals surface area contributed by atoms with Gasteiger partial charge in [0.1, 0.15) is 0 Å². The van der Waals surface area contributed by atoms with Crippen molar-refractivity contribution >= 4 is 38.1 Å². The first-order valence-electron chi connectivity index (χ1n) is 9.50. The van der Waals surface area contributed by atoms with Crippen LogP contribution in [0.4, 0.5) is 11.4 Å². The van der Waals surface area contributed by atoms with Gasteiger partial charge in [0.15, 0.2) is 0 Å². The predicted molar refractivity (Wildman–Crippen MR) is 110 cm³/mol. The second kappa shape index (κ2) is 6.34. The molecule has 3 aromatic carbocycles. The Morgan fingerprint density at radius 2 is 1.68 bits per heavy atom. The van der Waals surface area contributed by atoms with E-state index < -0.39 is 10.0 Å². The van der Waals surface area contributed by atoms with Crippen molar-refractivity contribution in [1.29, 1.82) is 0 Å². The Hall–Kier alpha value is -2.86. The highest BCUT2D eigenvalue weighted by Crippen LogP contribution is 2.42. The van der Waals surface area contributed by atoms with Crippen molar-refractivity contribution in [2.24, 2.45) is 0 Å². The molecule has 0 aliphatic carbocycles. The number of hydrogen-bond donors (Lipinski definition) is 0. The molecular weight excluding hydrogens is 372 g/mol. The molecule has 0 fully saturated rings. The lowest BCUT2D eigenvalue weighted by Gasteiger charge is -2.20. The van der Waals surface area contributed by atoms with Crippen LogP contribution in [0.25, 0.3) is 10.8 Å². The summed E-state index contributed by atoms with van der Waals surface area (Å²) >= 11 is 0. The highest BCUT2D eigenvalue weighted by molar-refractivity contribution is 7.93. The number of rotatable bonds is 4. The van der Waals surface area contributed by atoms with Crippen molar-refractivity contribution < 1.29 is 13.2 Å². The second-order valence-electron chi connectivity index (χ2n) is 7.24. The van der Waals surface area contributed by atoms with E-state index in [0.29, 0.717) is 36.5 Å². The molecular formula is C22H20N2O3S. The standard InChI is InChI=1S/C22H20N2O3S/c25-21(23-15-13-16-6-1-2-9-18(16)23)12-5-14-24-19-10-3-7-17-8-4-11-20(22(17)19)28(24,26)27/h1-4,6-11H,5,12-15H2. The Morgan fingerprint density at radius 1 is 0.929 bits per heavy atom. The highest BCUT2D eigenvalue weighted by atomic mass is 32.2. The molecule has 0 bridgehead atoms. The molecule has 0 N–H and O–H groups in total. The zero-order chi connectivity index (χ0) is 19.3. The zero-order valence-corrected chi connectivity index (χ0v) is 16.2. The molecule has 1 amide bonds. The maximum absolute atomic E-state index is 13.0. The molecule has 0 saturated carbocycles. The third-order valence-corrected chi connectivity index (χ3v) is 7.48. The molecule has 5 nitrogen and oxygen atoms in total. The van der Waals surface area contributed by atoms with Crippen molar-refractivity contribution in [1.82, 2.24) is 0 Å². The lowest BCUT2D eigenvalue weighted by molar-refractivity contribution is -0.118. The van der Waals surface area contributed by atoms with Crippen molar-refractivity contribution in [2.45, 2.75) is 24.2 Å². The van der Waals surface area contributed by atoms with Crippen molar-refractivity contribution in [3.63, 3.8) is 0 Å². The summed E-state index contributed by atoms with van der Waals surface area (Å²) in [4.78, 5) is 14.9. The fourth-order valence-electron chi connectivity index (χ4n) is 4.31. The number of nitrogens with zero attached hydrogens (tertiary/aromatic N) is 2. The molecule has 28 heavy (non-hydrogen) atoms. The minimum atomic E-state index is -3.56. The van der Waals surface area contributed by atoms with Crippen LogP contribution in [0.1, 0.15) is 18.4 Å². The summed E-state index contributed by atoms with van der Waals surface area (Å²) < 4.78 is 27.4. The average Bonchev–Trinajstić information content (AvgIpc) is 3.22. The molecule has 3 aromatic rings. The van der Waals surface area contributed by atoms with Gasteiger partial charge in [0, 0.05) is 30.6 Å². The Labute approximate surface area is 164 Å². The van der Waals surface area contributed by atoms with Crippen LogP contribution in [0.15, 0.2) is 65.6 Å². The topological polar surface area (TPSA) is 57.7 Å². The van der Waals surface area contributed by atoms with Gasteiger partial charge in [0.2, 0.25) is 5.91 Å².